The van der Waals surface area contributed by atoms with Crippen molar-refractivity contribution < 1.29 is 23.9 Å². The molecule has 1 aromatic rings. The van der Waals surface area contributed by atoms with E-state index in [1.54, 1.807) is 12.1 Å². The Morgan fingerprint density at radius 1 is 1.15 bits per heavy atom. The molecule has 144 valence electrons. The molecule has 0 bridgehead atoms. The maximum atomic E-state index is 12.2. The summed E-state index contributed by atoms with van der Waals surface area (Å²) in [6.45, 7) is 1.76. The van der Waals surface area contributed by atoms with Crippen molar-refractivity contribution in [2.24, 2.45) is 5.92 Å². The molecule has 7 heteroatoms. The smallest absolute Gasteiger partial charge is 0.338 e. The van der Waals surface area contributed by atoms with Crippen LogP contribution in [-0.2, 0) is 19.1 Å². The molecule has 0 radical (unpaired) electrons. The van der Waals surface area contributed by atoms with E-state index in [9.17, 15) is 19.2 Å². The van der Waals surface area contributed by atoms with Gasteiger partial charge in [0, 0.05) is 18.9 Å². The number of amides is 3. The second-order valence-electron chi connectivity index (χ2n) is 7.19. The normalized spacial score (nSPS) is 22.6. The lowest BCUT2D eigenvalue weighted by atomic mass is 9.86. The van der Waals surface area contributed by atoms with E-state index in [0.717, 1.165) is 24.2 Å². The van der Waals surface area contributed by atoms with Crippen molar-refractivity contribution >= 4 is 29.4 Å². The minimum Gasteiger partial charge on any atom is -0.452 e. The Morgan fingerprint density at radius 2 is 1.85 bits per heavy atom. The molecule has 0 unspecified atom stereocenters. The number of anilines is 1. The summed E-state index contributed by atoms with van der Waals surface area (Å²) in [7, 11) is 0. The summed E-state index contributed by atoms with van der Waals surface area (Å²) in [5, 5.41) is 2.93. The third-order valence-electron chi connectivity index (χ3n) is 5.18. The predicted octanol–water partition coefficient (Wildman–Crippen LogP) is 2.19. The Kier molecular flexibility index (Phi) is 5.88. The number of nitrogens with one attached hydrogen (secondary N) is 1. The number of esters is 1. The van der Waals surface area contributed by atoms with Crippen LogP contribution >= 0.6 is 0 Å². The first-order valence-electron chi connectivity index (χ1n) is 9.38. The van der Waals surface area contributed by atoms with Gasteiger partial charge in [0.05, 0.1) is 11.3 Å². The van der Waals surface area contributed by atoms with Crippen LogP contribution < -0.4 is 10.2 Å². The van der Waals surface area contributed by atoms with Crippen molar-refractivity contribution in [1.29, 1.82) is 0 Å². The average molecular weight is 372 g/mol. The van der Waals surface area contributed by atoms with Crippen LogP contribution in [-0.4, -0.2) is 36.3 Å². The van der Waals surface area contributed by atoms with E-state index >= 15 is 0 Å². The quantitative estimate of drug-likeness (QED) is 0.632. The third-order valence-corrected chi connectivity index (χ3v) is 5.18. The second kappa shape index (κ2) is 8.33. The summed E-state index contributed by atoms with van der Waals surface area (Å²) in [5.74, 6) is -1.13. The molecule has 1 aliphatic heterocycles. The minimum absolute atomic E-state index is 0.125. The highest BCUT2D eigenvalue weighted by Crippen LogP contribution is 2.24. The molecule has 2 fully saturated rings. The Bertz CT molecular complexity index is 744. The van der Waals surface area contributed by atoms with Crippen molar-refractivity contribution in [2.75, 3.05) is 11.5 Å². The molecule has 27 heavy (non-hydrogen) atoms. The zero-order valence-electron chi connectivity index (χ0n) is 15.4. The van der Waals surface area contributed by atoms with Crippen molar-refractivity contribution in [3.05, 3.63) is 29.8 Å². The Labute approximate surface area is 158 Å². The van der Waals surface area contributed by atoms with E-state index in [1.807, 2.05) is 0 Å². The number of benzene rings is 1. The van der Waals surface area contributed by atoms with Gasteiger partial charge < -0.3 is 10.1 Å². The molecule has 1 heterocycles. The standard InChI is InChI=1S/C20H24N2O5/c1-13-5-2-3-8-16(13)21-17(23)12-27-20(26)14-6-4-7-15(11-14)22-18(24)9-10-19(22)25/h4,6-7,11,13,16H,2-3,5,8-10,12H2,1H3,(H,21,23)/t13-,16-/m0/s1. The number of rotatable bonds is 5. The number of carbonyl (C=O) groups is 4. The van der Waals surface area contributed by atoms with Crippen molar-refractivity contribution in [1.82, 2.24) is 5.32 Å². The fourth-order valence-electron chi connectivity index (χ4n) is 3.63. The van der Waals surface area contributed by atoms with E-state index in [0.29, 0.717) is 11.6 Å². The summed E-state index contributed by atoms with van der Waals surface area (Å²) in [6.07, 6.45) is 4.66. The largest absolute Gasteiger partial charge is 0.452 e. The molecular formula is C20H24N2O5. The summed E-state index contributed by atoms with van der Waals surface area (Å²) in [4.78, 5) is 49.1. The van der Waals surface area contributed by atoms with Crippen molar-refractivity contribution in [3.63, 3.8) is 0 Å². The first kappa shape index (κ1) is 19.1. The third kappa shape index (κ3) is 4.53. The Hall–Kier alpha value is -2.70. The zero-order chi connectivity index (χ0) is 19.4. The summed E-state index contributed by atoms with van der Waals surface area (Å²) in [5.41, 5.74) is 0.538. The van der Waals surface area contributed by atoms with Crippen molar-refractivity contribution in [3.8, 4) is 0 Å². The summed E-state index contributed by atoms with van der Waals surface area (Å²) >= 11 is 0. The van der Waals surface area contributed by atoms with E-state index in [1.165, 1.54) is 18.6 Å². The molecule has 1 saturated carbocycles. The van der Waals surface area contributed by atoms with Gasteiger partial charge in [-0.25, -0.2) is 4.79 Å². The monoisotopic (exact) mass is 372 g/mol. The number of imide groups is 1. The second-order valence-corrected chi connectivity index (χ2v) is 7.19. The van der Waals surface area contributed by atoms with Gasteiger partial charge in [0.1, 0.15) is 0 Å². The Morgan fingerprint density at radius 3 is 2.56 bits per heavy atom. The topological polar surface area (TPSA) is 92.8 Å². The molecule has 1 saturated heterocycles. The van der Waals surface area contributed by atoms with E-state index < -0.39 is 5.97 Å². The van der Waals surface area contributed by atoms with Gasteiger partial charge in [-0.3, -0.25) is 19.3 Å². The van der Waals surface area contributed by atoms with Gasteiger partial charge in [-0.05, 0) is 37.0 Å². The van der Waals surface area contributed by atoms with Gasteiger partial charge >= 0.3 is 5.97 Å². The maximum Gasteiger partial charge on any atom is 0.338 e. The molecule has 7 nitrogen and oxygen atoms in total. The molecule has 3 rings (SSSR count). The van der Waals surface area contributed by atoms with Crippen LogP contribution in [0.15, 0.2) is 24.3 Å². The molecule has 1 aromatic carbocycles. The van der Waals surface area contributed by atoms with E-state index in [-0.39, 0.29) is 48.8 Å². The van der Waals surface area contributed by atoms with Gasteiger partial charge in [-0.1, -0.05) is 25.8 Å². The maximum absolute atomic E-state index is 12.2. The van der Waals surface area contributed by atoms with Crippen LogP contribution in [0.25, 0.3) is 0 Å². The number of hydrogen-bond donors (Lipinski definition) is 1. The first-order valence-corrected chi connectivity index (χ1v) is 9.38. The summed E-state index contributed by atoms with van der Waals surface area (Å²) < 4.78 is 5.10. The fraction of sp³-hybridized carbons (Fsp3) is 0.500. The van der Waals surface area contributed by atoms with Gasteiger partial charge in [-0.15, -0.1) is 0 Å². The average Bonchev–Trinajstić information content (AvgIpc) is 3.00. The first-order chi connectivity index (χ1) is 13.0. The van der Waals surface area contributed by atoms with E-state index in [2.05, 4.69) is 12.2 Å². The molecule has 2 aliphatic rings. The molecule has 0 spiro atoms. The fourth-order valence-corrected chi connectivity index (χ4v) is 3.63. The van der Waals surface area contributed by atoms with E-state index in [4.69, 9.17) is 4.74 Å². The lowest BCUT2D eigenvalue weighted by Gasteiger charge is -2.29. The number of carbonyl (C=O) groups excluding carboxylic acids is 4. The van der Waals surface area contributed by atoms with Gasteiger partial charge in [-0.2, -0.15) is 0 Å². The van der Waals surface area contributed by atoms with Crippen LogP contribution in [0.4, 0.5) is 5.69 Å². The highest BCUT2D eigenvalue weighted by atomic mass is 16.5. The molecule has 2 atom stereocenters. The molecule has 0 aromatic heterocycles. The number of nitrogens with zero attached hydrogens (tertiary/aromatic N) is 1. The number of ether oxygens (including phenoxy) is 1. The lowest BCUT2D eigenvalue weighted by molar-refractivity contribution is -0.125. The molecule has 1 N–H and O–H groups in total. The van der Waals surface area contributed by atoms with Crippen LogP contribution in [0.5, 0.6) is 0 Å². The molecule has 3 amide bonds. The predicted molar refractivity (Wildman–Crippen MR) is 98.0 cm³/mol. The Balaban J connectivity index is 1.56. The minimum atomic E-state index is -0.664. The summed E-state index contributed by atoms with van der Waals surface area (Å²) in [6, 6.07) is 6.26. The van der Waals surface area contributed by atoms with Crippen molar-refractivity contribution in [2.45, 2.75) is 51.5 Å². The molecular weight excluding hydrogens is 348 g/mol. The van der Waals surface area contributed by atoms with Crippen LogP contribution in [0.1, 0.15) is 55.8 Å². The zero-order valence-corrected chi connectivity index (χ0v) is 15.4. The number of hydrogen-bond acceptors (Lipinski definition) is 5. The highest BCUT2D eigenvalue weighted by Gasteiger charge is 2.30. The van der Waals surface area contributed by atoms with Crippen LogP contribution in [0, 0.1) is 5.92 Å². The SMILES string of the molecule is C[C@H]1CCCC[C@@H]1NC(=O)COC(=O)c1cccc(N2C(=O)CCC2=O)c1. The molecule has 1 aliphatic carbocycles. The lowest BCUT2D eigenvalue weighted by Crippen LogP contribution is -2.42. The van der Waals surface area contributed by atoms with Gasteiger partial charge in [0.25, 0.3) is 5.91 Å². The van der Waals surface area contributed by atoms with Crippen LogP contribution in [0.2, 0.25) is 0 Å². The van der Waals surface area contributed by atoms with Gasteiger partial charge in [0.15, 0.2) is 6.61 Å². The highest BCUT2D eigenvalue weighted by molar-refractivity contribution is 6.20. The van der Waals surface area contributed by atoms with Crippen LogP contribution in [0.3, 0.4) is 0 Å². The van der Waals surface area contributed by atoms with Gasteiger partial charge in [0.2, 0.25) is 11.8 Å².